The van der Waals surface area contributed by atoms with E-state index in [1.165, 1.54) is 0 Å². The Morgan fingerprint density at radius 3 is 1.94 bits per heavy atom. The highest BCUT2D eigenvalue weighted by atomic mass is 14.8. The molecule has 146 valence electrons. The minimum Gasteiger partial charge on any atom is -0.255 e. The molecule has 5 nitrogen and oxygen atoms in total. The fourth-order valence-corrected chi connectivity index (χ4v) is 3.78. The molecule has 0 spiro atoms. The molecule has 6 aromatic rings. The van der Waals surface area contributed by atoms with Gasteiger partial charge in [-0.25, -0.2) is 9.97 Å². The summed E-state index contributed by atoms with van der Waals surface area (Å²) in [5.41, 5.74) is 8.12. The molecule has 0 atom stereocenters. The molecule has 0 fully saturated rings. The molecule has 0 saturated heterocycles. The van der Waals surface area contributed by atoms with Gasteiger partial charge in [-0.3, -0.25) is 15.0 Å². The molecule has 5 heteroatoms. The molecule has 0 aliphatic rings. The maximum atomic E-state index is 4.80. The first-order valence-corrected chi connectivity index (χ1v) is 10.2. The van der Waals surface area contributed by atoms with Crippen molar-refractivity contribution < 1.29 is 0 Å². The molecular weight excluding hydrogens is 382 g/mol. The maximum Gasteiger partial charge on any atom is 0.0895 e. The van der Waals surface area contributed by atoms with Gasteiger partial charge in [-0.1, -0.05) is 24.3 Å². The van der Waals surface area contributed by atoms with Crippen molar-refractivity contribution in [1.29, 1.82) is 0 Å². The first-order valence-electron chi connectivity index (χ1n) is 10.2. The fraction of sp³-hybridized carbons (Fsp3) is 0.0385. The number of nitrogens with zero attached hydrogens (tertiary/aromatic N) is 5. The van der Waals surface area contributed by atoms with Gasteiger partial charge in [0, 0.05) is 29.4 Å². The van der Waals surface area contributed by atoms with Crippen LogP contribution in [0, 0.1) is 0 Å². The standard InChI is InChI=1S/C26H17N5/c1-2-5-20-17(4-1)7-10-24(30-20)26-14-13-23-25(31-26)12-9-19(29-23)16-18-8-11-21-22(28-18)6-3-15-27-21/h1-15H,16H2. The predicted molar refractivity (Wildman–Crippen MR) is 123 cm³/mol. The van der Waals surface area contributed by atoms with Crippen molar-refractivity contribution in [2.75, 3.05) is 0 Å². The topological polar surface area (TPSA) is 64.5 Å². The number of aromatic nitrogens is 5. The number of rotatable bonds is 3. The third-order valence-corrected chi connectivity index (χ3v) is 5.34. The Balaban J connectivity index is 1.32. The van der Waals surface area contributed by atoms with Crippen LogP contribution in [0.4, 0.5) is 0 Å². The largest absolute Gasteiger partial charge is 0.255 e. The van der Waals surface area contributed by atoms with Gasteiger partial charge >= 0.3 is 0 Å². The molecule has 0 bridgehead atoms. The third-order valence-electron chi connectivity index (χ3n) is 5.34. The van der Waals surface area contributed by atoms with Crippen LogP contribution in [-0.2, 0) is 6.42 Å². The zero-order chi connectivity index (χ0) is 20.6. The minimum absolute atomic E-state index is 0.661. The molecular formula is C26H17N5. The van der Waals surface area contributed by atoms with Crippen LogP contribution in [-0.4, -0.2) is 24.9 Å². The third kappa shape index (κ3) is 3.36. The van der Waals surface area contributed by atoms with Gasteiger partial charge in [0.25, 0.3) is 0 Å². The van der Waals surface area contributed by atoms with Crippen molar-refractivity contribution in [3.05, 3.63) is 103 Å². The van der Waals surface area contributed by atoms with E-state index in [1.54, 1.807) is 6.20 Å². The maximum absolute atomic E-state index is 4.80. The van der Waals surface area contributed by atoms with Crippen LogP contribution in [0.25, 0.3) is 44.4 Å². The number of fused-ring (bicyclic) bond motifs is 3. The lowest BCUT2D eigenvalue weighted by atomic mass is 10.1. The zero-order valence-electron chi connectivity index (χ0n) is 16.6. The molecule has 0 saturated carbocycles. The van der Waals surface area contributed by atoms with Crippen molar-refractivity contribution in [3.8, 4) is 11.4 Å². The van der Waals surface area contributed by atoms with E-state index >= 15 is 0 Å². The molecule has 5 heterocycles. The van der Waals surface area contributed by atoms with Gasteiger partial charge < -0.3 is 0 Å². The van der Waals surface area contributed by atoms with E-state index in [-0.39, 0.29) is 0 Å². The molecule has 5 aromatic heterocycles. The highest BCUT2D eigenvalue weighted by Gasteiger charge is 2.07. The Hall–Kier alpha value is -4.25. The molecule has 1 aromatic carbocycles. The molecule has 0 radical (unpaired) electrons. The van der Waals surface area contributed by atoms with Gasteiger partial charge in [-0.05, 0) is 60.7 Å². The van der Waals surface area contributed by atoms with E-state index in [1.807, 2.05) is 72.8 Å². The fourth-order valence-electron chi connectivity index (χ4n) is 3.78. The normalized spacial score (nSPS) is 11.4. The average Bonchev–Trinajstić information content (AvgIpc) is 2.83. The zero-order valence-corrected chi connectivity index (χ0v) is 16.6. The number of benzene rings is 1. The lowest BCUT2D eigenvalue weighted by molar-refractivity contribution is 1.04. The van der Waals surface area contributed by atoms with Gasteiger partial charge in [-0.15, -0.1) is 0 Å². The summed E-state index contributed by atoms with van der Waals surface area (Å²) < 4.78 is 0. The van der Waals surface area contributed by atoms with Gasteiger partial charge in [0.1, 0.15) is 0 Å². The van der Waals surface area contributed by atoms with Crippen molar-refractivity contribution in [3.63, 3.8) is 0 Å². The summed E-state index contributed by atoms with van der Waals surface area (Å²) in [7, 11) is 0. The van der Waals surface area contributed by atoms with E-state index in [4.69, 9.17) is 19.9 Å². The quantitative estimate of drug-likeness (QED) is 0.400. The summed E-state index contributed by atoms with van der Waals surface area (Å²) >= 11 is 0. The van der Waals surface area contributed by atoms with E-state index < -0.39 is 0 Å². The second-order valence-corrected chi connectivity index (χ2v) is 7.45. The highest BCUT2D eigenvalue weighted by molar-refractivity contribution is 5.82. The SMILES string of the molecule is c1ccc2nc(-c3ccc4nc(Cc5ccc6ncccc6n5)ccc4n3)ccc2c1. The summed E-state index contributed by atoms with van der Waals surface area (Å²) in [4.78, 5) is 23.4. The minimum atomic E-state index is 0.661. The Bertz CT molecular complexity index is 1580. The van der Waals surface area contributed by atoms with E-state index in [0.29, 0.717) is 6.42 Å². The Kier molecular flexibility index (Phi) is 4.10. The summed E-state index contributed by atoms with van der Waals surface area (Å²) in [6.07, 6.45) is 2.44. The summed E-state index contributed by atoms with van der Waals surface area (Å²) in [5.74, 6) is 0. The van der Waals surface area contributed by atoms with Crippen molar-refractivity contribution in [1.82, 2.24) is 24.9 Å². The Labute approximate surface area is 178 Å². The summed E-state index contributed by atoms with van der Waals surface area (Å²) in [6, 6.07) is 28.1. The van der Waals surface area contributed by atoms with Crippen LogP contribution in [0.3, 0.4) is 0 Å². The number of para-hydroxylation sites is 1. The molecule has 0 amide bonds. The number of hydrogen-bond acceptors (Lipinski definition) is 5. The highest BCUT2D eigenvalue weighted by Crippen LogP contribution is 2.22. The molecule has 0 aliphatic carbocycles. The van der Waals surface area contributed by atoms with Crippen LogP contribution in [0.15, 0.2) is 91.1 Å². The Morgan fingerprint density at radius 1 is 0.452 bits per heavy atom. The van der Waals surface area contributed by atoms with Crippen LogP contribution < -0.4 is 0 Å². The van der Waals surface area contributed by atoms with Crippen LogP contribution in [0.2, 0.25) is 0 Å². The summed E-state index contributed by atoms with van der Waals surface area (Å²) in [5, 5.41) is 1.12. The molecule has 0 N–H and O–H groups in total. The molecule has 0 unspecified atom stereocenters. The van der Waals surface area contributed by atoms with E-state index in [9.17, 15) is 0 Å². The van der Waals surface area contributed by atoms with Gasteiger partial charge in [-0.2, -0.15) is 0 Å². The average molecular weight is 399 g/mol. The second kappa shape index (κ2) is 7.22. The van der Waals surface area contributed by atoms with Gasteiger partial charge in [0.2, 0.25) is 0 Å². The van der Waals surface area contributed by atoms with Crippen LogP contribution in [0.1, 0.15) is 11.4 Å². The van der Waals surface area contributed by atoms with Gasteiger partial charge in [0.15, 0.2) is 0 Å². The van der Waals surface area contributed by atoms with E-state index in [2.05, 4.69) is 17.1 Å². The first kappa shape index (κ1) is 17.6. The van der Waals surface area contributed by atoms with Crippen LogP contribution in [0.5, 0.6) is 0 Å². The number of hydrogen-bond donors (Lipinski definition) is 0. The molecule has 31 heavy (non-hydrogen) atoms. The lowest BCUT2D eigenvalue weighted by Crippen LogP contribution is -1.97. The van der Waals surface area contributed by atoms with Crippen molar-refractivity contribution in [2.24, 2.45) is 0 Å². The summed E-state index contributed by atoms with van der Waals surface area (Å²) in [6.45, 7) is 0. The first-order chi connectivity index (χ1) is 15.3. The Morgan fingerprint density at radius 2 is 1.06 bits per heavy atom. The van der Waals surface area contributed by atoms with Crippen molar-refractivity contribution in [2.45, 2.75) is 6.42 Å². The monoisotopic (exact) mass is 399 g/mol. The van der Waals surface area contributed by atoms with E-state index in [0.717, 1.165) is 55.7 Å². The molecule has 6 rings (SSSR count). The molecule has 0 aliphatic heterocycles. The smallest absolute Gasteiger partial charge is 0.0895 e. The van der Waals surface area contributed by atoms with Crippen molar-refractivity contribution >= 4 is 33.0 Å². The predicted octanol–water partition coefficient (Wildman–Crippen LogP) is 5.38. The number of pyridine rings is 5. The van der Waals surface area contributed by atoms with Crippen LogP contribution >= 0.6 is 0 Å². The lowest BCUT2D eigenvalue weighted by Gasteiger charge is -2.06. The second-order valence-electron chi connectivity index (χ2n) is 7.45. The van der Waals surface area contributed by atoms with Gasteiger partial charge in [0.05, 0.1) is 39.0 Å².